The summed E-state index contributed by atoms with van der Waals surface area (Å²) < 4.78 is 36.1. The van der Waals surface area contributed by atoms with E-state index in [9.17, 15) is 8.42 Å². The van der Waals surface area contributed by atoms with Gasteiger partial charge < -0.3 is 14.6 Å². The van der Waals surface area contributed by atoms with E-state index < -0.39 is 16.1 Å². The molecule has 0 saturated heterocycles. The van der Waals surface area contributed by atoms with Crippen molar-refractivity contribution in [3.05, 3.63) is 24.3 Å². The van der Waals surface area contributed by atoms with Crippen LogP contribution in [0, 0.1) is 0 Å². The van der Waals surface area contributed by atoms with E-state index in [1.807, 2.05) is 0 Å². The summed E-state index contributed by atoms with van der Waals surface area (Å²) in [5.41, 5.74) is 0. The number of hydrogen-bond donors (Lipinski definition) is 2. The number of aliphatic hydroxyl groups is 1. The van der Waals surface area contributed by atoms with Crippen molar-refractivity contribution in [3.8, 4) is 5.75 Å². The maximum atomic E-state index is 12.0. The number of sulfonamides is 1. The molecule has 0 spiro atoms. The molecule has 0 heterocycles. The molecule has 0 radical (unpaired) electrons. The molecule has 7 heteroatoms. The summed E-state index contributed by atoms with van der Waals surface area (Å²) in [6, 6.07) is 5.41. The summed E-state index contributed by atoms with van der Waals surface area (Å²) in [6.07, 6.45) is 0. The third-order valence-electron chi connectivity index (χ3n) is 2.26. The SMILES string of the molecule is COCC(CO)NS(=O)(=O)c1cccc(OC)c1. The number of methoxy groups -OCH3 is 2. The fourth-order valence-electron chi connectivity index (χ4n) is 1.38. The molecule has 6 nitrogen and oxygen atoms in total. The van der Waals surface area contributed by atoms with Crippen molar-refractivity contribution >= 4 is 10.0 Å². The van der Waals surface area contributed by atoms with Crippen LogP contribution in [0.15, 0.2) is 29.2 Å². The lowest BCUT2D eigenvalue weighted by molar-refractivity contribution is 0.139. The minimum absolute atomic E-state index is 0.0800. The van der Waals surface area contributed by atoms with Crippen LogP contribution in [0.3, 0.4) is 0 Å². The van der Waals surface area contributed by atoms with Crippen LogP contribution in [-0.4, -0.2) is 47.0 Å². The molecule has 1 rings (SSSR count). The average molecular weight is 275 g/mol. The van der Waals surface area contributed by atoms with Gasteiger partial charge in [-0.15, -0.1) is 0 Å². The van der Waals surface area contributed by atoms with Crippen LogP contribution >= 0.6 is 0 Å². The van der Waals surface area contributed by atoms with Crippen molar-refractivity contribution in [1.29, 1.82) is 0 Å². The summed E-state index contributed by atoms with van der Waals surface area (Å²) in [6.45, 7) is -0.239. The van der Waals surface area contributed by atoms with Gasteiger partial charge in [0.2, 0.25) is 10.0 Å². The molecule has 0 aliphatic heterocycles. The van der Waals surface area contributed by atoms with E-state index >= 15 is 0 Å². The Labute approximate surface area is 107 Å². The number of aliphatic hydroxyl groups excluding tert-OH is 1. The van der Waals surface area contributed by atoms with Gasteiger partial charge in [-0.25, -0.2) is 13.1 Å². The van der Waals surface area contributed by atoms with Crippen molar-refractivity contribution in [2.75, 3.05) is 27.4 Å². The second-order valence-electron chi connectivity index (χ2n) is 3.64. The van der Waals surface area contributed by atoms with Crippen LogP contribution in [-0.2, 0) is 14.8 Å². The van der Waals surface area contributed by atoms with Crippen LogP contribution in [0.1, 0.15) is 0 Å². The Morgan fingerprint density at radius 3 is 2.67 bits per heavy atom. The summed E-state index contributed by atoms with van der Waals surface area (Å²) in [5.74, 6) is 0.449. The van der Waals surface area contributed by atoms with E-state index in [-0.39, 0.29) is 18.1 Å². The summed E-state index contributed by atoms with van der Waals surface area (Å²) in [7, 11) is -0.804. The lowest BCUT2D eigenvalue weighted by atomic mass is 10.3. The molecule has 0 aromatic heterocycles. The van der Waals surface area contributed by atoms with Gasteiger partial charge in [0.15, 0.2) is 0 Å². The zero-order valence-electron chi connectivity index (χ0n) is 10.3. The first-order valence-corrected chi connectivity index (χ1v) is 6.78. The maximum absolute atomic E-state index is 12.0. The first-order chi connectivity index (χ1) is 8.53. The van der Waals surface area contributed by atoms with Gasteiger partial charge in [0, 0.05) is 13.2 Å². The lowest BCUT2D eigenvalue weighted by Gasteiger charge is -2.15. The Morgan fingerprint density at radius 2 is 2.11 bits per heavy atom. The molecule has 18 heavy (non-hydrogen) atoms. The molecule has 0 amide bonds. The highest BCUT2D eigenvalue weighted by Crippen LogP contribution is 2.17. The minimum atomic E-state index is -3.70. The predicted octanol–water partition coefficient (Wildman–Crippen LogP) is -0.0192. The molecular weight excluding hydrogens is 258 g/mol. The third-order valence-corrected chi connectivity index (χ3v) is 3.78. The highest BCUT2D eigenvalue weighted by atomic mass is 32.2. The molecule has 0 saturated carbocycles. The van der Waals surface area contributed by atoms with Gasteiger partial charge in [-0.05, 0) is 12.1 Å². The number of rotatable bonds is 7. The fourth-order valence-corrected chi connectivity index (χ4v) is 2.63. The highest BCUT2D eigenvalue weighted by Gasteiger charge is 2.19. The highest BCUT2D eigenvalue weighted by molar-refractivity contribution is 7.89. The fraction of sp³-hybridized carbons (Fsp3) is 0.455. The van der Waals surface area contributed by atoms with Gasteiger partial charge >= 0.3 is 0 Å². The van der Waals surface area contributed by atoms with Crippen molar-refractivity contribution in [1.82, 2.24) is 4.72 Å². The van der Waals surface area contributed by atoms with Gasteiger partial charge in [-0.2, -0.15) is 0 Å². The molecule has 0 aliphatic carbocycles. The van der Waals surface area contributed by atoms with E-state index in [4.69, 9.17) is 14.6 Å². The lowest BCUT2D eigenvalue weighted by Crippen LogP contribution is -2.40. The second kappa shape index (κ2) is 6.69. The van der Waals surface area contributed by atoms with Gasteiger partial charge in [0.1, 0.15) is 5.75 Å². The van der Waals surface area contributed by atoms with Gasteiger partial charge in [-0.1, -0.05) is 6.07 Å². The molecule has 1 unspecified atom stereocenters. The van der Waals surface area contributed by atoms with Gasteiger partial charge in [0.05, 0.1) is 31.3 Å². The Bertz CT molecular complexity index is 474. The molecular formula is C11H17NO5S. The Kier molecular flexibility index (Phi) is 5.54. The standard InChI is InChI=1S/C11H17NO5S/c1-16-8-9(7-13)12-18(14,15)11-5-3-4-10(6-11)17-2/h3-6,9,12-13H,7-8H2,1-2H3. The average Bonchev–Trinajstić information content (AvgIpc) is 2.38. The van der Waals surface area contributed by atoms with E-state index in [2.05, 4.69) is 4.72 Å². The zero-order valence-corrected chi connectivity index (χ0v) is 11.1. The van der Waals surface area contributed by atoms with E-state index in [1.54, 1.807) is 12.1 Å². The molecule has 0 fully saturated rings. The van der Waals surface area contributed by atoms with Crippen LogP contribution < -0.4 is 9.46 Å². The van der Waals surface area contributed by atoms with E-state index in [0.29, 0.717) is 5.75 Å². The molecule has 1 aromatic rings. The molecule has 1 aromatic carbocycles. The van der Waals surface area contributed by atoms with Crippen LogP contribution in [0.5, 0.6) is 5.75 Å². The van der Waals surface area contributed by atoms with Crippen LogP contribution in [0.4, 0.5) is 0 Å². The van der Waals surface area contributed by atoms with Crippen molar-refractivity contribution in [2.45, 2.75) is 10.9 Å². The second-order valence-corrected chi connectivity index (χ2v) is 5.35. The Balaban J connectivity index is 2.91. The molecule has 102 valence electrons. The quantitative estimate of drug-likeness (QED) is 0.730. The van der Waals surface area contributed by atoms with Crippen molar-refractivity contribution in [3.63, 3.8) is 0 Å². The van der Waals surface area contributed by atoms with E-state index in [1.165, 1.54) is 26.4 Å². The first-order valence-electron chi connectivity index (χ1n) is 5.29. The largest absolute Gasteiger partial charge is 0.497 e. The van der Waals surface area contributed by atoms with Crippen molar-refractivity contribution < 1.29 is 23.0 Å². The topological polar surface area (TPSA) is 84.9 Å². The summed E-state index contributed by atoms with van der Waals surface area (Å²) in [5, 5.41) is 9.04. The maximum Gasteiger partial charge on any atom is 0.241 e. The van der Waals surface area contributed by atoms with Crippen LogP contribution in [0.25, 0.3) is 0 Å². The van der Waals surface area contributed by atoms with Crippen molar-refractivity contribution in [2.24, 2.45) is 0 Å². The third kappa shape index (κ3) is 3.95. The number of benzene rings is 1. The number of nitrogens with one attached hydrogen (secondary N) is 1. The molecule has 2 N–H and O–H groups in total. The molecule has 1 atom stereocenters. The van der Waals surface area contributed by atoms with Crippen LogP contribution in [0.2, 0.25) is 0 Å². The number of hydrogen-bond acceptors (Lipinski definition) is 5. The van der Waals surface area contributed by atoms with Gasteiger partial charge in [0.25, 0.3) is 0 Å². The number of ether oxygens (including phenoxy) is 2. The van der Waals surface area contributed by atoms with E-state index in [0.717, 1.165) is 0 Å². The summed E-state index contributed by atoms with van der Waals surface area (Å²) in [4.78, 5) is 0.0800. The molecule has 0 bridgehead atoms. The van der Waals surface area contributed by atoms with Gasteiger partial charge in [-0.3, -0.25) is 0 Å². The predicted molar refractivity (Wildman–Crippen MR) is 66.1 cm³/mol. The normalized spacial score (nSPS) is 13.3. The Hall–Kier alpha value is -1.15. The molecule has 0 aliphatic rings. The monoisotopic (exact) mass is 275 g/mol. The summed E-state index contributed by atoms with van der Waals surface area (Å²) >= 11 is 0. The smallest absolute Gasteiger partial charge is 0.241 e. The Morgan fingerprint density at radius 1 is 1.39 bits per heavy atom. The minimum Gasteiger partial charge on any atom is -0.497 e. The first kappa shape index (κ1) is 14.9. The zero-order chi connectivity index (χ0) is 13.6.